The minimum absolute atomic E-state index is 0.00449. The minimum atomic E-state index is -4.65. The lowest BCUT2D eigenvalue weighted by molar-refractivity contribution is -0.188. The largest absolute Gasteiger partial charge is 0.481 e. The standard InChI is InChI=1S/C16H23F3N2O4/c1-9(2)13(22)20-5-3-10(4-6-20)14(23)21-7-11(15(24)25)12(8-21)16(17,18)19/h9-12H,3-8H2,1-2H3,(H,24,25)/t11-,12-/m1/s1. The number of carboxylic acid groups (broad SMARTS) is 1. The smallest absolute Gasteiger partial charge is 0.394 e. The molecule has 0 bridgehead atoms. The fourth-order valence-electron chi connectivity index (χ4n) is 3.54. The average Bonchev–Trinajstić information content (AvgIpc) is 2.99. The van der Waals surface area contributed by atoms with Crippen LogP contribution in [0.3, 0.4) is 0 Å². The van der Waals surface area contributed by atoms with Crippen LogP contribution in [0.4, 0.5) is 13.2 Å². The molecule has 6 nitrogen and oxygen atoms in total. The molecule has 2 atom stereocenters. The predicted octanol–water partition coefficient (Wildman–Crippen LogP) is 1.60. The molecule has 0 aliphatic carbocycles. The number of amides is 2. The molecule has 1 N–H and O–H groups in total. The molecule has 25 heavy (non-hydrogen) atoms. The van der Waals surface area contributed by atoms with Crippen molar-refractivity contribution in [1.82, 2.24) is 9.80 Å². The topological polar surface area (TPSA) is 77.9 Å². The molecule has 2 fully saturated rings. The van der Waals surface area contributed by atoms with E-state index < -0.39 is 48.9 Å². The van der Waals surface area contributed by atoms with Gasteiger partial charge in [0.05, 0.1) is 11.8 Å². The molecule has 0 aromatic heterocycles. The lowest BCUT2D eigenvalue weighted by atomic mass is 9.94. The van der Waals surface area contributed by atoms with Gasteiger partial charge in [0.15, 0.2) is 0 Å². The van der Waals surface area contributed by atoms with Crippen molar-refractivity contribution in [1.29, 1.82) is 0 Å². The first-order chi connectivity index (χ1) is 11.5. The van der Waals surface area contributed by atoms with Gasteiger partial charge < -0.3 is 14.9 Å². The van der Waals surface area contributed by atoms with Gasteiger partial charge in [-0.1, -0.05) is 13.8 Å². The predicted molar refractivity (Wildman–Crippen MR) is 81.4 cm³/mol. The highest BCUT2D eigenvalue weighted by atomic mass is 19.4. The highest BCUT2D eigenvalue weighted by Gasteiger charge is 2.54. The number of rotatable bonds is 3. The first-order valence-corrected chi connectivity index (χ1v) is 8.39. The van der Waals surface area contributed by atoms with Gasteiger partial charge in [-0.25, -0.2) is 0 Å². The molecule has 0 aromatic rings. The fourth-order valence-corrected chi connectivity index (χ4v) is 3.54. The third-order valence-corrected chi connectivity index (χ3v) is 5.02. The maximum Gasteiger partial charge on any atom is 0.394 e. The van der Waals surface area contributed by atoms with Crippen molar-refractivity contribution in [3.8, 4) is 0 Å². The lowest BCUT2D eigenvalue weighted by Gasteiger charge is -2.34. The van der Waals surface area contributed by atoms with E-state index in [0.29, 0.717) is 25.9 Å². The molecule has 2 amide bonds. The summed E-state index contributed by atoms with van der Waals surface area (Å²) in [4.78, 5) is 38.3. The molecule has 2 aliphatic rings. The van der Waals surface area contributed by atoms with Gasteiger partial charge in [-0.05, 0) is 12.8 Å². The van der Waals surface area contributed by atoms with Gasteiger partial charge in [-0.2, -0.15) is 13.2 Å². The van der Waals surface area contributed by atoms with Crippen LogP contribution in [0.25, 0.3) is 0 Å². The van der Waals surface area contributed by atoms with Gasteiger partial charge in [-0.15, -0.1) is 0 Å². The summed E-state index contributed by atoms with van der Waals surface area (Å²) in [5.41, 5.74) is 0. The van der Waals surface area contributed by atoms with E-state index in [-0.39, 0.29) is 11.8 Å². The summed E-state index contributed by atoms with van der Waals surface area (Å²) in [6, 6.07) is 0. The summed E-state index contributed by atoms with van der Waals surface area (Å²) in [5.74, 6) is -6.23. The minimum Gasteiger partial charge on any atom is -0.481 e. The highest BCUT2D eigenvalue weighted by molar-refractivity contribution is 5.82. The number of likely N-dealkylation sites (tertiary alicyclic amines) is 2. The fraction of sp³-hybridized carbons (Fsp3) is 0.812. The summed E-state index contributed by atoms with van der Waals surface area (Å²) >= 11 is 0. The maximum absolute atomic E-state index is 13.0. The Morgan fingerprint density at radius 2 is 1.60 bits per heavy atom. The van der Waals surface area contributed by atoms with Crippen LogP contribution in [-0.4, -0.2) is 65.0 Å². The molecule has 2 rings (SSSR count). The zero-order valence-electron chi connectivity index (χ0n) is 14.3. The molecule has 2 aliphatic heterocycles. The molecular formula is C16H23F3N2O4. The Labute approximate surface area is 143 Å². The van der Waals surface area contributed by atoms with E-state index in [9.17, 15) is 27.6 Å². The molecule has 142 valence electrons. The van der Waals surface area contributed by atoms with Crippen molar-refractivity contribution < 1.29 is 32.7 Å². The van der Waals surface area contributed by atoms with Crippen molar-refractivity contribution in [2.24, 2.45) is 23.7 Å². The molecule has 0 unspecified atom stereocenters. The van der Waals surface area contributed by atoms with Crippen LogP contribution in [0.1, 0.15) is 26.7 Å². The quantitative estimate of drug-likeness (QED) is 0.825. The second kappa shape index (κ2) is 7.21. The summed E-state index contributed by atoms with van der Waals surface area (Å²) in [6.45, 7) is 3.34. The average molecular weight is 364 g/mol. The molecule has 9 heteroatoms. The van der Waals surface area contributed by atoms with Crippen molar-refractivity contribution in [3.63, 3.8) is 0 Å². The summed E-state index contributed by atoms with van der Waals surface area (Å²) in [7, 11) is 0. The highest BCUT2D eigenvalue weighted by Crippen LogP contribution is 2.38. The normalized spacial score (nSPS) is 25.5. The SMILES string of the molecule is CC(C)C(=O)N1CCC(C(=O)N2C[C@@H](C(F)(F)F)[C@H](C(=O)O)C2)CC1. The number of carbonyl (C=O) groups is 3. The molecule has 2 saturated heterocycles. The Balaban J connectivity index is 1.98. The van der Waals surface area contributed by atoms with Crippen LogP contribution in [0, 0.1) is 23.7 Å². The number of nitrogens with zero attached hydrogens (tertiary/aromatic N) is 2. The zero-order valence-corrected chi connectivity index (χ0v) is 14.3. The Bertz CT molecular complexity index is 542. The maximum atomic E-state index is 13.0. The molecule has 0 radical (unpaired) electrons. The summed E-state index contributed by atoms with van der Waals surface area (Å²) < 4.78 is 39.1. The Kier molecular flexibility index (Phi) is 5.63. The van der Waals surface area contributed by atoms with E-state index in [1.807, 2.05) is 0 Å². The number of aliphatic carboxylic acids is 1. The Morgan fingerprint density at radius 1 is 1.04 bits per heavy atom. The van der Waals surface area contributed by atoms with E-state index in [1.54, 1.807) is 18.7 Å². The zero-order chi connectivity index (χ0) is 18.9. The van der Waals surface area contributed by atoms with E-state index in [1.165, 1.54) is 0 Å². The number of carboxylic acids is 1. The number of halogens is 3. The van der Waals surface area contributed by atoms with Crippen LogP contribution in [0.2, 0.25) is 0 Å². The molecule has 0 spiro atoms. The van der Waals surface area contributed by atoms with Crippen LogP contribution >= 0.6 is 0 Å². The number of piperidine rings is 1. The Hall–Kier alpha value is -1.80. The second-order valence-electron chi connectivity index (χ2n) is 7.09. The van der Waals surface area contributed by atoms with Crippen LogP contribution in [0.5, 0.6) is 0 Å². The number of hydrogen-bond donors (Lipinski definition) is 1. The molecular weight excluding hydrogens is 341 g/mol. The molecule has 0 aromatic carbocycles. The third-order valence-electron chi connectivity index (χ3n) is 5.02. The third kappa shape index (κ3) is 4.24. The monoisotopic (exact) mass is 364 g/mol. The number of alkyl halides is 3. The summed E-state index contributed by atoms with van der Waals surface area (Å²) in [6.07, 6.45) is -3.87. The lowest BCUT2D eigenvalue weighted by Crippen LogP contribution is -2.45. The van der Waals surface area contributed by atoms with Crippen LogP contribution in [-0.2, 0) is 14.4 Å². The van der Waals surface area contributed by atoms with Crippen molar-refractivity contribution in [2.45, 2.75) is 32.9 Å². The van der Waals surface area contributed by atoms with Gasteiger partial charge in [-0.3, -0.25) is 14.4 Å². The first-order valence-electron chi connectivity index (χ1n) is 8.39. The van der Waals surface area contributed by atoms with Crippen LogP contribution < -0.4 is 0 Å². The molecule has 2 heterocycles. The van der Waals surface area contributed by atoms with Gasteiger partial charge >= 0.3 is 12.1 Å². The van der Waals surface area contributed by atoms with Gasteiger partial charge in [0.1, 0.15) is 0 Å². The van der Waals surface area contributed by atoms with E-state index in [2.05, 4.69) is 0 Å². The van der Waals surface area contributed by atoms with Crippen molar-refractivity contribution in [2.75, 3.05) is 26.2 Å². The van der Waals surface area contributed by atoms with Gasteiger partial charge in [0.2, 0.25) is 11.8 Å². The number of carbonyl (C=O) groups excluding carboxylic acids is 2. The van der Waals surface area contributed by atoms with Crippen LogP contribution in [0.15, 0.2) is 0 Å². The van der Waals surface area contributed by atoms with Crippen molar-refractivity contribution >= 4 is 17.8 Å². The molecule has 0 saturated carbocycles. The summed E-state index contributed by atoms with van der Waals surface area (Å²) in [5, 5.41) is 9.02. The van der Waals surface area contributed by atoms with E-state index >= 15 is 0 Å². The number of hydrogen-bond acceptors (Lipinski definition) is 3. The first kappa shape index (κ1) is 19.5. The van der Waals surface area contributed by atoms with E-state index in [0.717, 1.165) is 4.90 Å². The van der Waals surface area contributed by atoms with Gasteiger partial charge in [0, 0.05) is 38.0 Å². The van der Waals surface area contributed by atoms with E-state index in [4.69, 9.17) is 5.11 Å². The second-order valence-corrected chi connectivity index (χ2v) is 7.09. The van der Waals surface area contributed by atoms with Gasteiger partial charge in [0.25, 0.3) is 0 Å². The Morgan fingerprint density at radius 3 is 2.00 bits per heavy atom. The van der Waals surface area contributed by atoms with Crippen molar-refractivity contribution in [3.05, 3.63) is 0 Å².